The van der Waals surface area contributed by atoms with Crippen LogP contribution >= 0.6 is 0 Å². The Morgan fingerprint density at radius 1 is 1.58 bits per heavy atom. The van der Waals surface area contributed by atoms with Crippen LogP contribution in [0.5, 0.6) is 11.5 Å². The van der Waals surface area contributed by atoms with Crippen LogP contribution in [0.15, 0.2) is 23.2 Å². The molecule has 4 heteroatoms. The van der Waals surface area contributed by atoms with Crippen molar-refractivity contribution in [2.45, 2.75) is 0 Å². The number of rotatable bonds is 2. The second-order valence-electron chi connectivity index (χ2n) is 2.06. The fourth-order valence-electron chi connectivity index (χ4n) is 0.769. The second kappa shape index (κ2) is 3.55. The van der Waals surface area contributed by atoms with Crippen molar-refractivity contribution in [1.29, 1.82) is 0 Å². The van der Waals surface area contributed by atoms with Crippen LogP contribution in [0, 0.1) is 0 Å². The summed E-state index contributed by atoms with van der Waals surface area (Å²) < 4.78 is 4.86. The molecular formula is C8H7NO3. The smallest absolute Gasteiger partial charge is 0.240 e. The van der Waals surface area contributed by atoms with Gasteiger partial charge in [-0.05, 0) is 12.1 Å². The highest BCUT2D eigenvalue weighted by molar-refractivity contribution is 5.59. The van der Waals surface area contributed by atoms with Crippen LogP contribution in [0.1, 0.15) is 0 Å². The molecule has 1 N–H and O–H groups in total. The zero-order chi connectivity index (χ0) is 8.97. The van der Waals surface area contributed by atoms with Gasteiger partial charge in [0.2, 0.25) is 6.08 Å². The molecule has 0 saturated carbocycles. The molecule has 62 valence electrons. The Balaban J connectivity index is 3.16. The molecule has 12 heavy (non-hydrogen) atoms. The summed E-state index contributed by atoms with van der Waals surface area (Å²) in [6.07, 6.45) is 1.34. The quantitative estimate of drug-likeness (QED) is 0.531. The normalized spacial score (nSPS) is 8.75. The van der Waals surface area contributed by atoms with Gasteiger partial charge >= 0.3 is 0 Å². The number of benzene rings is 1. The van der Waals surface area contributed by atoms with E-state index < -0.39 is 0 Å². The van der Waals surface area contributed by atoms with Crippen LogP contribution in [-0.2, 0) is 4.79 Å². The molecule has 0 bridgehead atoms. The highest BCUT2D eigenvalue weighted by atomic mass is 16.5. The van der Waals surface area contributed by atoms with E-state index in [2.05, 4.69) is 4.99 Å². The SMILES string of the molecule is COc1ccc(O)c(N=C=O)c1. The van der Waals surface area contributed by atoms with Gasteiger partial charge < -0.3 is 9.84 Å². The number of methoxy groups -OCH3 is 1. The van der Waals surface area contributed by atoms with Gasteiger partial charge in [-0.3, -0.25) is 0 Å². The van der Waals surface area contributed by atoms with Crippen LogP contribution in [0.25, 0.3) is 0 Å². The van der Waals surface area contributed by atoms with Gasteiger partial charge in [0, 0.05) is 6.07 Å². The first-order valence-corrected chi connectivity index (χ1v) is 3.23. The van der Waals surface area contributed by atoms with Gasteiger partial charge in [-0.15, -0.1) is 0 Å². The fraction of sp³-hybridized carbons (Fsp3) is 0.125. The maximum absolute atomic E-state index is 9.88. The molecule has 0 unspecified atom stereocenters. The van der Waals surface area contributed by atoms with E-state index in [1.807, 2.05) is 0 Å². The number of phenolic OH excluding ortho intramolecular Hbond substituents is 1. The van der Waals surface area contributed by atoms with Gasteiger partial charge in [0.05, 0.1) is 7.11 Å². The number of ether oxygens (including phenoxy) is 1. The van der Waals surface area contributed by atoms with Crippen LogP contribution in [-0.4, -0.2) is 18.3 Å². The maximum atomic E-state index is 9.88. The standard InChI is InChI=1S/C8H7NO3/c1-12-6-2-3-8(11)7(4-6)9-5-10/h2-4,11H,1H3. The highest BCUT2D eigenvalue weighted by Crippen LogP contribution is 2.29. The zero-order valence-corrected chi connectivity index (χ0v) is 6.44. The first-order valence-electron chi connectivity index (χ1n) is 3.23. The summed E-state index contributed by atoms with van der Waals surface area (Å²) in [5.74, 6) is 0.459. The largest absolute Gasteiger partial charge is 0.506 e. The van der Waals surface area contributed by atoms with Gasteiger partial charge in [-0.25, -0.2) is 4.79 Å². The van der Waals surface area contributed by atoms with Crippen molar-refractivity contribution in [2.75, 3.05) is 7.11 Å². The zero-order valence-electron chi connectivity index (χ0n) is 6.44. The van der Waals surface area contributed by atoms with Gasteiger partial charge in [-0.1, -0.05) is 0 Å². The molecule has 1 aromatic rings. The topological polar surface area (TPSA) is 58.9 Å². The molecule has 4 nitrogen and oxygen atoms in total. The third-order valence-electron chi connectivity index (χ3n) is 1.35. The van der Waals surface area contributed by atoms with Crippen molar-refractivity contribution in [1.82, 2.24) is 0 Å². The first-order chi connectivity index (χ1) is 5.77. The van der Waals surface area contributed by atoms with Crippen molar-refractivity contribution in [3.8, 4) is 11.5 Å². The predicted molar refractivity (Wildman–Crippen MR) is 42.4 cm³/mol. The monoisotopic (exact) mass is 165 g/mol. The van der Waals surface area contributed by atoms with E-state index in [0.717, 1.165) is 0 Å². The van der Waals surface area contributed by atoms with Crippen molar-refractivity contribution in [3.05, 3.63) is 18.2 Å². The number of carbonyl (C=O) groups excluding carboxylic acids is 1. The third kappa shape index (κ3) is 1.62. The number of isocyanates is 1. The lowest BCUT2D eigenvalue weighted by Crippen LogP contribution is -1.80. The average molecular weight is 165 g/mol. The number of hydrogen-bond donors (Lipinski definition) is 1. The molecule has 0 spiro atoms. The first kappa shape index (κ1) is 8.30. The van der Waals surface area contributed by atoms with E-state index in [0.29, 0.717) is 5.75 Å². The van der Waals surface area contributed by atoms with E-state index in [-0.39, 0.29) is 11.4 Å². The molecule has 0 aliphatic carbocycles. The van der Waals surface area contributed by atoms with Crippen LogP contribution in [0.4, 0.5) is 5.69 Å². The molecule has 0 aliphatic heterocycles. The van der Waals surface area contributed by atoms with E-state index in [1.165, 1.54) is 25.3 Å². The lowest BCUT2D eigenvalue weighted by molar-refractivity contribution is 0.412. The molecule has 0 aromatic heterocycles. The molecule has 0 fully saturated rings. The predicted octanol–water partition coefficient (Wildman–Crippen LogP) is 1.37. The molecule has 0 heterocycles. The molecule has 0 aliphatic rings. The van der Waals surface area contributed by atoms with E-state index >= 15 is 0 Å². The van der Waals surface area contributed by atoms with E-state index in [4.69, 9.17) is 9.84 Å². The lowest BCUT2D eigenvalue weighted by Gasteiger charge is -2.00. The Morgan fingerprint density at radius 3 is 2.92 bits per heavy atom. The van der Waals surface area contributed by atoms with Gasteiger partial charge in [-0.2, -0.15) is 4.99 Å². The van der Waals surface area contributed by atoms with Crippen molar-refractivity contribution >= 4 is 11.8 Å². The molecule has 0 saturated heterocycles. The number of phenols is 1. The van der Waals surface area contributed by atoms with Crippen molar-refractivity contribution in [2.24, 2.45) is 4.99 Å². The summed E-state index contributed by atoms with van der Waals surface area (Å²) >= 11 is 0. The fourth-order valence-corrected chi connectivity index (χ4v) is 0.769. The van der Waals surface area contributed by atoms with E-state index in [9.17, 15) is 4.79 Å². The number of aromatic hydroxyl groups is 1. The minimum atomic E-state index is -0.0702. The Morgan fingerprint density at radius 2 is 2.33 bits per heavy atom. The Kier molecular flexibility index (Phi) is 2.46. The van der Waals surface area contributed by atoms with Gasteiger partial charge in [0.25, 0.3) is 0 Å². The molecule has 0 radical (unpaired) electrons. The summed E-state index contributed by atoms with van der Waals surface area (Å²) in [5, 5.41) is 9.13. The van der Waals surface area contributed by atoms with Crippen LogP contribution < -0.4 is 4.74 Å². The summed E-state index contributed by atoms with van der Waals surface area (Å²) in [6.45, 7) is 0. The highest BCUT2D eigenvalue weighted by Gasteiger charge is 2.00. The second-order valence-corrected chi connectivity index (χ2v) is 2.06. The van der Waals surface area contributed by atoms with Crippen molar-refractivity contribution < 1.29 is 14.6 Å². The molecule has 0 atom stereocenters. The molecule has 0 amide bonds. The maximum Gasteiger partial charge on any atom is 0.240 e. The number of hydrogen-bond acceptors (Lipinski definition) is 4. The number of aliphatic imine (C=N–C) groups is 1. The minimum Gasteiger partial charge on any atom is -0.506 e. The van der Waals surface area contributed by atoms with Gasteiger partial charge in [0.15, 0.2) is 0 Å². The Labute approximate surface area is 69.1 Å². The minimum absolute atomic E-state index is 0.0702. The third-order valence-corrected chi connectivity index (χ3v) is 1.35. The van der Waals surface area contributed by atoms with Crippen LogP contribution in [0.2, 0.25) is 0 Å². The van der Waals surface area contributed by atoms with E-state index in [1.54, 1.807) is 6.07 Å². The van der Waals surface area contributed by atoms with Gasteiger partial charge in [0.1, 0.15) is 17.2 Å². The van der Waals surface area contributed by atoms with Crippen LogP contribution in [0.3, 0.4) is 0 Å². The molecule has 1 aromatic carbocycles. The lowest BCUT2D eigenvalue weighted by atomic mass is 10.3. The Bertz CT molecular complexity index is 329. The Hall–Kier alpha value is -1.80. The number of nitrogens with zero attached hydrogens (tertiary/aromatic N) is 1. The summed E-state index contributed by atoms with van der Waals surface area (Å²) in [5.41, 5.74) is 0.157. The van der Waals surface area contributed by atoms with Crippen molar-refractivity contribution in [3.63, 3.8) is 0 Å². The molecular weight excluding hydrogens is 158 g/mol. The summed E-state index contributed by atoms with van der Waals surface area (Å²) in [7, 11) is 1.49. The average Bonchev–Trinajstić information content (AvgIpc) is 2.09. The summed E-state index contributed by atoms with van der Waals surface area (Å²) in [6, 6.07) is 4.41. The summed E-state index contributed by atoms with van der Waals surface area (Å²) in [4.78, 5) is 13.2. The molecule has 1 rings (SSSR count).